The number of piperidine rings is 1. The SMILES string of the molecule is CCCCCCC=C[C@H]1CCC[C@@H]1CC1CCC2C(C(=O)O)N12. The average Bonchev–Trinajstić information content (AvgIpc) is 2.86. The third-order valence-electron chi connectivity index (χ3n) is 6.35. The third-order valence-corrected chi connectivity index (χ3v) is 6.35. The molecule has 23 heavy (non-hydrogen) atoms. The van der Waals surface area contributed by atoms with E-state index < -0.39 is 5.97 Å². The summed E-state index contributed by atoms with van der Waals surface area (Å²) in [6.07, 6.45) is 19.1. The van der Waals surface area contributed by atoms with Gasteiger partial charge in [-0.1, -0.05) is 44.8 Å². The molecule has 0 aromatic heterocycles. The lowest BCUT2D eigenvalue weighted by molar-refractivity contribution is -0.137. The topological polar surface area (TPSA) is 40.3 Å². The highest BCUT2D eigenvalue weighted by atomic mass is 16.4. The first-order valence-electron chi connectivity index (χ1n) is 9.89. The molecule has 6 atom stereocenters. The lowest BCUT2D eigenvalue weighted by Crippen LogP contribution is -2.26. The second kappa shape index (κ2) is 7.83. The summed E-state index contributed by atoms with van der Waals surface area (Å²) in [6.45, 7) is 2.26. The maximum absolute atomic E-state index is 11.2. The van der Waals surface area contributed by atoms with Crippen LogP contribution in [0.3, 0.4) is 0 Å². The summed E-state index contributed by atoms with van der Waals surface area (Å²) in [4.78, 5) is 13.5. The van der Waals surface area contributed by atoms with Crippen LogP contribution in [0.5, 0.6) is 0 Å². The number of fused-ring (bicyclic) bond motifs is 1. The van der Waals surface area contributed by atoms with Crippen molar-refractivity contribution in [1.82, 2.24) is 4.90 Å². The van der Waals surface area contributed by atoms with Crippen LogP contribution in [0, 0.1) is 11.8 Å². The van der Waals surface area contributed by atoms with E-state index >= 15 is 0 Å². The Hall–Kier alpha value is -0.830. The summed E-state index contributed by atoms with van der Waals surface area (Å²) < 4.78 is 0. The van der Waals surface area contributed by atoms with Crippen molar-refractivity contribution in [2.75, 3.05) is 0 Å². The second-order valence-corrected chi connectivity index (χ2v) is 7.90. The summed E-state index contributed by atoms with van der Waals surface area (Å²) in [6, 6.07) is 0.763. The molecule has 0 spiro atoms. The van der Waals surface area contributed by atoms with E-state index in [1.165, 1.54) is 64.2 Å². The zero-order chi connectivity index (χ0) is 16.2. The lowest BCUT2D eigenvalue weighted by Gasteiger charge is -2.23. The maximum atomic E-state index is 11.2. The highest BCUT2D eigenvalue weighted by molar-refractivity contribution is 5.78. The molecule has 0 amide bonds. The average molecular weight is 319 g/mol. The van der Waals surface area contributed by atoms with Crippen molar-refractivity contribution in [2.45, 2.75) is 95.7 Å². The zero-order valence-corrected chi connectivity index (χ0v) is 14.6. The minimum absolute atomic E-state index is 0.150. The molecule has 4 unspecified atom stereocenters. The van der Waals surface area contributed by atoms with Gasteiger partial charge in [-0.2, -0.15) is 0 Å². The van der Waals surface area contributed by atoms with Crippen molar-refractivity contribution in [2.24, 2.45) is 11.8 Å². The van der Waals surface area contributed by atoms with Crippen molar-refractivity contribution in [3.8, 4) is 0 Å². The normalized spacial score (nSPS) is 39.0. The molecule has 1 saturated carbocycles. The van der Waals surface area contributed by atoms with Gasteiger partial charge in [0.25, 0.3) is 0 Å². The fraction of sp³-hybridized carbons (Fsp3) is 0.850. The summed E-state index contributed by atoms with van der Waals surface area (Å²) in [7, 11) is 0. The number of hydrogen-bond donors (Lipinski definition) is 1. The van der Waals surface area contributed by atoms with E-state index in [-0.39, 0.29) is 6.04 Å². The summed E-state index contributed by atoms with van der Waals surface area (Å²) in [5.41, 5.74) is 0. The fourth-order valence-corrected chi connectivity index (χ4v) is 5.07. The maximum Gasteiger partial charge on any atom is 0.322 e. The molecule has 0 aromatic rings. The van der Waals surface area contributed by atoms with Gasteiger partial charge in [0.1, 0.15) is 6.04 Å². The number of allylic oxidation sites excluding steroid dienone is 2. The molecule has 2 heterocycles. The van der Waals surface area contributed by atoms with Crippen LogP contribution in [0.1, 0.15) is 77.6 Å². The molecular weight excluding hydrogens is 286 g/mol. The van der Waals surface area contributed by atoms with E-state index in [1.807, 2.05) is 0 Å². The summed E-state index contributed by atoms with van der Waals surface area (Å²) >= 11 is 0. The highest BCUT2D eigenvalue weighted by Crippen LogP contribution is 2.47. The highest BCUT2D eigenvalue weighted by Gasteiger charge is 2.59. The summed E-state index contributed by atoms with van der Waals surface area (Å²) in [5, 5.41) is 9.24. The van der Waals surface area contributed by atoms with Gasteiger partial charge < -0.3 is 5.11 Å². The molecule has 3 heteroatoms. The number of rotatable bonds is 9. The van der Waals surface area contributed by atoms with E-state index in [9.17, 15) is 9.90 Å². The van der Waals surface area contributed by atoms with Gasteiger partial charge in [0, 0.05) is 12.1 Å². The van der Waals surface area contributed by atoms with Gasteiger partial charge in [0.2, 0.25) is 0 Å². The van der Waals surface area contributed by atoms with Crippen LogP contribution < -0.4 is 0 Å². The van der Waals surface area contributed by atoms with Crippen LogP contribution >= 0.6 is 0 Å². The largest absolute Gasteiger partial charge is 0.480 e. The van der Waals surface area contributed by atoms with Gasteiger partial charge in [0.05, 0.1) is 0 Å². The van der Waals surface area contributed by atoms with E-state index in [0.29, 0.717) is 12.1 Å². The van der Waals surface area contributed by atoms with Crippen LogP contribution in [-0.2, 0) is 4.79 Å². The van der Waals surface area contributed by atoms with E-state index in [4.69, 9.17) is 0 Å². The number of unbranched alkanes of at least 4 members (excludes halogenated alkanes) is 4. The first kappa shape index (κ1) is 17.0. The zero-order valence-electron chi connectivity index (χ0n) is 14.6. The molecular formula is C20H33NO2. The van der Waals surface area contributed by atoms with E-state index in [2.05, 4.69) is 24.0 Å². The van der Waals surface area contributed by atoms with Crippen LogP contribution in [0.15, 0.2) is 12.2 Å². The van der Waals surface area contributed by atoms with Gasteiger partial charge >= 0.3 is 5.97 Å². The minimum atomic E-state index is -0.602. The van der Waals surface area contributed by atoms with Crippen molar-refractivity contribution < 1.29 is 9.90 Å². The molecule has 3 nitrogen and oxygen atoms in total. The van der Waals surface area contributed by atoms with Crippen LogP contribution in [-0.4, -0.2) is 34.1 Å². The van der Waals surface area contributed by atoms with Gasteiger partial charge in [-0.05, 0) is 56.8 Å². The van der Waals surface area contributed by atoms with Gasteiger partial charge in [-0.3, -0.25) is 9.69 Å². The smallest absolute Gasteiger partial charge is 0.322 e. The predicted molar refractivity (Wildman–Crippen MR) is 93.4 cm³/mol. The number of nitrogens with zero attached hydrogens (tertiary/aromatic N) is 1. The Morgan fingerprint density at radius 1 is 1.17 bits per heavy atom. The Kier molecular flexibility index (Phi) is 5.79. The number of hydrogen-bond acceptors (Lipinski definition) is 2. The standard InChI is InChI=1S/C20H33NO2/c1-2-3-4-5-6-7-9-15-10-8-11-16(15)14-17-12-13-18-19(20(22)23)21(17)18/h7,9,15-19H,2-6,8,10-14H2,1H3,(H,22,23)/t15-,16+,17?,18?,19?,21?/m0/s1. The molecule has 0 bridgehead atoms. The predicted octanol–water partition coefficient (Wildman–Crippen LogP) is 4.62. The molecule has 0 radical (unpaired) electrons. The monoisotopic (exact) mass is 319 g/mol. The fourth-order valence-electron chi connectivity index (χ4n) is 5.07. The van der Waals surface area contributed by atoms with Crippen molar-refractivity contribution >= 4 is 5.97 Å². The quantitative estimate of drug-likeness (QED) is 0.383. The molecule has 3 aliphatic rings. The Morgan fingerprint density at radius 2 is 2.04 bits per heavy atom. The second-order valence-electron chi connectivity index (χ2n) is 7.90. The van der Waals surface area contributed by atoms with E-state index in [1.54, 1.807) is 0 Å². The third kappa shape index (κ3) is 3.99. The molecule has 0 aromatic carbocycles. The molecule has 1 N–H and O–H groups in total. The van der Waals surface area contributed by atoms with Crippen LogP contribution in [0.2, 0.25) is 0 Å². The number of carboxylic acid groups (broad SMARTS) is 1. The minimum Gasteiger partial charge on any atom is -0.480 e. The molecule has 2 aliphatic heterocycles. The van der Waals surface area contributed by atoms with Gasteiger partial charge in [-0.15, -0.1) is 0 Å². The first-order valence-corrected chi connectivity index (χ1v) is 9.89. The summed E-state index contributed by atoms with van der Waals surface area (Å²) in [5.74, 6) is 0.943. The van der Waals surface area contributed by atoms with E-state index in [0.717, 1.165) is 18.3 Å². The Bertz CT molecular complexity index is 433. The first-order chi connectivity index (χ1) is 11.2. The van der Waals surface area contributed by atoms with Crippen molar-refractivity contribution in [3.63, 3.8) is 0 Å². The molecule has 1 aliphatic carbocycles. The van der Waals surface area contributed by atoms with Crippen molar-refractivity contribution in [1.29, 1.82) is 0 Å². The molecule has 2 saturated heterocycles. The Labute approximate surface area is 141 Å². The van der Waals surface area contributed by atoms with Gasteiger partial charge in [0.15, 0.2) is 0 Å². The Balaban J connectivity index is 1.43. The molecule has 130 valence electrons. The lowest BCUT2D eigenvalue weighted by atomic mass is 9.88. The Morgan fingerprint density at radius 3 is 2.78 bits per heavy atom. The molecule has 3 fully saturated rings. The number of carbonyl (C=O) groups is 1. The van der Waals surface area contributed by atoms with Crippen LogP contribution in [0.25, 0.3) is 0 Å². The van der Waals surface area contributed by atoms with Crippen LogP contribution in [0.4, 0.5) is 0 Å². The van der Waals surface area contributed by atoms with Gasteiger partial charge in [-0.25, -0.2) is 0 Å². The molecule has 3 rings (SSSR count). The number of carboxylic acids is 1. The number of aliphatic carboxylic acids is 1. The van der Waals surface area contributed by atoms with Crippen molar-refractivity contribution in [3.05, 3.63) is 12.2 Å².